The van der Waals surface area contributed by atoms with Crippen molar-refractivity contribution in [2.45, 2.75) is 91.5 Å². The van der Waals surface area contributed by atoms with Crippen molar-refractivity contribution >= 4 is 0 Å². The zero-order valence-corrected chi connectivity index (χ0v) is 13.2. The van der Waals surface area contributed by atoms with Crippen LogP contribution in [0.4, 0.5) is 0 Å². The Balaban J connectivity index is 2.02. The van der Waals surface area contributed by atoms with Crippen molar-refractivity contribution in [1.29, 1.82) is 0 Å². The summed E-state index contributed by atoms with van der Waals surface area (Å²) in [4.78, 5) is 0. The van der Waals surface area contributed by atoms with E-state index in [1.807, 2.05) is 0 Å². The summed E-state index contributed by atoms with van der Waals surface area (Å²) in [6, 6.07) is 0.786. The predicted molar refractivity (Wildman–Crippen MR) is 82.0 cm³/mol. The molecule has 0 amide bonds. The summed E-state index contributed by atoms with van der Waals surface area (Å²) in [6.45, 7) is 10.8. The van der Waals surface area contributed by atoms with Gasteiger partial charge in [-0.15, -0.1) is 0 Å². The van der Waals surface area contributed by atoms with Crippen LogP contribution in [-0.4, -0.2) is 12.6 Å². The van der Waals surface area contributed by atoms with Crippen LogP contribution >= 0.6 is 0 Å². The maximum absolute atomic E-state index is 3.80. The third-order valence-electron chi connectivity index (χ3n) is 4.63. The highest BCUT2D eigenvalue weighted by molar-refractivity contribution is 4.86. The minimum absolute atomic E-state index is 0.581. The van der Waals surface area contributed by atoms with Crippen molar-refractivity contribution in [3.63, 3.8) is 0 Å². The first-order valence-electron chi connectivity index (χ1n) is 8.28. The van der Waals surface area contributed by atoms with E-state index in [1.54, 1.807) is 0 Å². The van der Waals surface area contributed by atoms with Gasteiger partial charge in [0.15, 0.2) is 0 Å². The standard InChI is InChI=1S/C17H35N/c1-5-6-7-8-9-10-13-18-16-11-12-17(3,4)14-15(16)2/h15-16,18H,5-14H2,1-4H3. The minimum Gasteiger partial charge on any atom is -0.314 e. The number of unbranched alkanes of at least 4 members (excludes halogenated alkanes) is 5. The van der Waals surface area contributed by atoms with Gasteiger partial charge in [0.25, 0.3) is 0 Å². The topological polar surface area (TPSA) is 12.0 Å². The molecular weight excluding hydrogens is 218 g/mol. The Morgan fingerprint density at radius 1 is 1.06 bits per heavy atom. The second-order valence-corrected chi connectivity index (χ2v) is 7.21. The van der Waals surface area contributed by atoms with Crippen molar-refractivity contribution in [2.24, 2.45) is 11.3 Å². The molecule has 1 saturated carbocycles. The van der Waals surface area contributed by atoms with Crippen LogP contribution in [0.1, 0.15) is 85.5 Å². The molecule has 0 aromatic carbocycles. The van der Waals surface area contributed by atoms with Crippen molar-refractivity contribution < 1.29 is 0 Å². The van der Waals surface area contributed by atoms with E-state index >= 15 is 0 Å². The fraction of sp³-hybridized carbons (Fsp3) is 1.00. The van der Waals surface area contributed by atoms with Crippen molar-refractivity contribution in [2.75, 3.05) is 6.54 Å². The van der Waals surface area contributed by atoms with Crippen LogP contribution in [0.25, 0.3) is 0 Å². The fourth-order valence-electron chi connectivity index (χ4n) is 3.44. The molecule has 0 radical (unpaired) electrons. The molecule has 1 nitrogen and oxygen atoms in total. The molecule has 108 valence electrons. The van der Waals surface area contributed by atoms with Gasteiger partial charge in [0, 0.05) is 6.04 Å². The molecule has 1 fully saturated rings. The first kappa shape index (κ1) is 16.0. The maximum Gasteiger partial charge on any atom is 0.00930 e. The van der Waals surface area contributed by atoms with E-state index < -0.39 is 0 Å². The number of nitrogens with one attached hydrogen (secondary N) is 1. The Labute approximate surface area is 115 Å². The lowest BCUT2D eigenvalue weighted by molar-refractivity contribution is 0.149. The smallest absolute Gasteiger partial charge is 0.00930 e. The average molecular weight is 253 g/mol. The zero-order chi connectivity index (χ0) is 13.4. The highest BCUT2D eigenvalue weighted by Gasteiger charge is 2.31. The van der Waals surface area contributed by atoms with Crippen LogP contribution in [-0.2, 0) is 0 Å². The van der Waals surface area contributed by atoms with Gasteiger partial charge in [-0.2, -0.15) is 0 Å². The molecule has 0 spiro atoms. The first-order chi connectivity index (χ1) is 8.55. The summed E-state index contributed by atoms with van der Waals surface area (Å²) in [5.74, 6) is 0.855. The van der Waals surface area contributed by atoms with E-state index in [2.05, 4.69) is 33.0 Å². The molecule has 0 saturated heterocycles. The molecule has 18 heavy (non-hydrogen) atoms. The molecular formula is C17H35N. The van der Waals surface area contributed by atoms with Gasteiger partial charge in [-0.05, 0) is 43.6 Å². The monoisotopic (exact) mass is 253 g/mol. The molecule has 1 rings (SSSR count). The van der Waals surface area contributed by atoms with E-state index in [4.69, 9.17) is 0 Å². The molecule has 1 heteroatoms. The van der Waals surface area contributed by atoms with Gasteiger partial charge < -0.3 is 5.32 Å². The van der Waals surface area contributed by atoms with Crippen LogP contribution in [0.3, 0.4) is 0 Å². The molecule has 0 aliphatic heterocycles. The highest BCUT2D eigenvalue weighted by atomic mass is 14.9. The summed E-state index contributed by atoms with van der Waals surface area (Å²) in [5.41, 5.74) is 0.581. The summed E-state index contributed by atoms with van der Waals surface area (Å²) < 4.78 is 0. The molecule has 0 aromatic rings. The van der Waals surface area contributed by atoms with E-state index in [1.165, 1.54) is 64.3 Å². The van der Waals surface area contributed by atoms with E-state index in [0.29, 0.717) is 5.41 Å². The van der Waals surface area contributed by atoms with Crippen LogP contribution in [0, 0.1) is 11.3 Å². The first-order valence-corrected chi connectivity index (χ1v) is 8.28. The molecule has 1 aliphatic carbocycles. The number of hydrogen-bond donors (Lipinski definition) is 1. The third-order valence-corrected chi connectivity index (χ3v) is 4.63. The molecule has 0 bridgehead atoms. The quantitative estimate of drug-likeness (QED) is 0.590. The molecule has 0 heterocycles. The Morgan fingerprint density at radius 3 is 2.39 bits per heavy atom. The highest BCUT2D eigenvalue weighted by Crippen LogP contribution is 2.38. The van der Waals surface area contributed by atoms with E-state index in [9.17, 15) is 0 Å². The van der Waals surface area contributed by atoms with Crippen LogP contribution in [0.5, 0.6) is 0 Å². The van der Waals surface area contributed by atoms with Gasteiger partial charge in [-0.25, -0.2) is 0 Å². The van der Waals surface area contributed by atoms with E-state index in [0.717, 1.165) is 12.0 Å². The lowest BCUT2D eigenvalue weighted by atomic mass is 9.70. The summed E-state index contributed by atoms with van der Waals surface area (Å²) in [6.07, 6.45) is 12.6. The number of hydrogen-bond acceptors (Lipinski definition) is 1. The van der Waals surface area contributed by atoms with Gasteiger partial charge in [0.2, 0.25) is 0 Å². The van der Waals surface area contributed by atoms with Crippen LogP contribution < -0.4 is 5.32 Å². The van der Waals surface area contributed by atoms with Gasteiger partial charge in [0.05, 0.1) is 0 Å². The van der Waals surface area contributed by atoms with Crippen molar-refractivity contribution in [3.05, 3.63) is 0 Å². The molecule has 2 atom stereocenters. The van der Waals surface area contributed by atoms with Gasteiger partial charge >= 0.3 is 0 Å². The minimum atomic E-state index is 0.581. The van der Waals surface area contributed by atoms with Gasteiger partial charge in [0.1, 0.15) is 0 Å². The van der Waals surface area contributed by atoms with Crippen LogP contribution in [0.2, 0.25) is 0 Å². The van der Waals surface area contributed by atoms with Gasteiger partial charge in [-0.3, -0.25) is 0 Å². The zero-order valence-electron chi connectivity index (χ0n) is 13.2. The number of rotatable bonds is 8. The molecule has 2 unspecified atom stereocenters. The predicted octanol–water partition coefficient (Wildman–Crippen LogP) is 5.15. The summed E-state index contributed by atoms with van der Waals surface area (Å²) in [5, 5.41) is 3.80. The lowest BCUT2D eigenvalue weighted by Crippen LogP contribution is -2.42. The van der Waals surface area contributed by atoms with Crippen molar-refractivity contribution in [1.82, 2.24) is 5.32 Å². The maximum atomic E-state index is 3.80. The largest absolute Gasteiger partial charge is 0.314 e. The van der Waals surface area contributed by atoms with Gasteiger partial charge in [-0.1, -0.05) is 59.8 Å². The molecule has 0 aromatic heterocycles. The molecule has 1 aliphatic rings. The lowest BCUT2D eigenvalue weighted by Gasteiger charge is -2.39. The normalized spacial score (nSPS) is 27.3. The Bertz CT molecular complexity index is 210. The average Bonchev–Trinajstić information content (AvgIpc) is 2.29. The van der Waals surface area contributed by atoms with Crippen LogP contribution in [0.15, 0.2) is 0 Å². The Hall–Kier alpha value is -0.0400. The molecule has 1 N–H and O–H groups in total. The Kier molecular flexibility index (Phi) is 7.29. The van der Waals surface area contributed by atoms with E-state index in [-0.39, 0.29) is 0 Å². The summed E-state index contributed by atoms with van der Waals surface area (Å²) >= 11 is 0. The fourth-order valence-corrected chi connectivity index (χ4v) is 3.44. The second kappa shape index (κ2) is 8.19. The Morgan fingerprint density at radius 2 is 1.72 bits per heavy atom. The summed E-state index contributed by atoms with van der Waals surface area (Å²) in [7, 11) is 0. The van der Waals surface area contributed by atoms with Crippen molar-refractivity contribution in [3.8, 4) is 0 Å². The SMILES string of the molecule is CCCCCCCCNC1CCC(C)(C)CC1C. The third kappa shape index (κ3) is 6.22. The second-order valence-electron chi connectivity index (χ2n) is 7.21.